The molecule has 1 rings (SSSR count). The third-order valence-corrected chi connectivity index (χ3v) is 2.12. The number of hydrogen-bond acceptors (Lipinski definition) is 0. The van der Waals surface area contributed by atoms with E-state index in [-0.39, 0.29) is 0 Å². The summed E-state index contributed by atoms with van der Waals surface area (Å²) in [5.74, 6) is 0. The Hall–Kier alpha value is -0.990. The molecule has 0 aliphatic carbocycles. The van der Waals surface area contributed by atoms with Crippen LogP contribution in [0.1, 0.15) is 22.3 Å². The number of hydrogen-bond donors (Lipinski definition) is 0. The number of aryl methyl sites for hydroxylation is 2. The number of halogens is 3. The van der Waals surface area contributed by atoms with E-state index >= 15 is 0 Å². The zero-order valence-corrected chi connectivity index (χ0v) is 7.79. The Morgan fingerprint density at radius 3 is 2.00 bits per heavy atom. The summed E-state index contributed by atoms with van der Waals surface area (Å²) in [7, 11) is 0. The molecule has 0 amide bonds. The maximum atomic E-state index is 12.4. The zero-order valence-electron chi connectivity index (χ0n) is 7.79. The van der Waals surface area contributed by atoms with E-state index in [1.807, 2.05) is 0 Å². The first-order valence-electron chi connectivity index (χ1n) is 3.97. The van der Waals surface area contributed by atoms with Crippen LogP contribution in [0.15, 0.2) is 12.1 Å². The fourth-order valence-corrected chi connectivity index (χ4v) is 1.33. The van der Waals surface area contributed by atoms with Crippen molar-refractivity contribution in [1.29, 1.82) is 0 Å². The fraction of sp³-hybridized carbons (Fsp3) is 0.400. The monoisotopic (exact) mass is 188 g/mol. The van der Waals surface area contributed by atoms with E-state index in [0.29, 0.717) is 16.7 Å². The lowest BCUT2D eigenvalue weighted by Gasteiger charge is -2.13. The van der Waals surface area contributed by atoms with Gasteiger partial charge in [-0.15, -0.1) is 0 Å². The Morgan fingerprint density at radius 2 is 1.54 bits per heavy atom. The Morgan fingerprint density at radius 1 is 1.00 bits per heavy atom. The summed E-state index contributed by atoms with van der Waals surface area (Å²) in [5, 5.41) is 0. The first-order valence-corrected chi connectivity index (χ1v) is 3.97. The average molecular weight is 188 g/mol. The van der Waals surface area contributed by atoms with E-state index in [4.69, 9.17) is 0 Å². The minimum absolute atomic E-state index is 0.318. The molecule has 0 aromatic heterocycles. The highest BCUT2D eigenvalue weighted by Crippen LogP contribution is 2.33. The Bertz CT molecular complexity index is 324. The van der Waals surface area contributed by atoms with Gasteiger partial charge in [-0.05, 0) is 38.0 Å². The molecule has 0 saturated heterocycles. The van der Waals surface area contributed by atoms with Crippen molar-refractivity contribution in [2.24, 2.45) is 0 Å². The van der Waals surface area contributed by atoms with Crippen LogP contribution in [0.5, 0.6) is 0 Å². The lowest BCUT2D eigenvalue weighted by molar-refractivity contribution is -0.138. The molecule has 72 valence electrons. The van der Waals surface area contributed by atoms with Gasteiger partial charge < -0.3 is 0 Å². The van der Waals surface area contributed by atoms with Crippen LogP contribution < -0.4 is 0 Å². The lowest BCUT2D eigenvalue weighted by atomic mass is 10.00. The van der Waals surface area contributed by atoms with Gasteiger partial charge in [-0.25, -0.2) is 0 Å². The maximum absolute atomic E-state index is 12.4. The zero-order chi connectivity index (χ0) is 10.2. The summed E-state index contributed by atoms with van der Waals surface area (Å²) in [6, 6.07) is 2.94. The van der Waals surface area contributed by atoms with E-state index in [9.17, 15) is 13.2 Å². The van der Waals surface area contributed by atoms with Crippen molar-refractivity contribution in [3.63, 3.8) is 0 Å². The first-order chi connectivity index (χ1) is 5.82. The molecule has 0 spiro atoms. The molecule has 0 atom stereocenters. The number of benzene rings is 1. The van der Waals surface area contributed by atoms with Crippen molar-refractivity contribution in [3.05, 3.63) is 34.4 Å². The standard InChI is InChI=1S/C10H11F3/c1-6-4-7(2)8(3)9(5-6)10(11,12)13/h4-5H,1-3H3. The molecule has 1 aromatic carbocycles. The first kappa shape index (κ1) is 10.1. The highest BCUT2D eigenvalue weighted by atomic mass is 19.4. The van der Waals surface area contributed by atoms with Crippen molar-refractivity contribution in [2.45, 2.75) is 26.9 Å². The largest absolute Gasteiger partial charge is 0.416 e. The number of alkyl halides is 3. The maximum Gasteiger partial charge on any atom is 0.416 e. The highest BCUT2D eigenvalue weighted by Gasteiger charge is 2.32. The lowest BCUT2D eigenvalue weighted by Crippen LogP contribution is -2.08. The molecule has 0 bridgehead atoms. The third-order valence-electron chi connectivity index (χ3n) is 2.12. The predicted octanol–water partition coefficient (Wildman–Crippen LogP) is 3.63. The molecule has 0 radical (unpaired) electrons. The van der Waals surface area contributed by atoms with Crippen molar-refractivity contribution < 1.29 is 13.2 Å². The van der Waals surface area contributed by atoms with Gasteiger partial charge in [-0.1, -0.05) is 11.6 Å². The summed E-state index contributed by atoms with van der Waals surface area (Å²) < 4.78 is 37.2. The molecule has 0 nitrogen and oxygen atoms in total. The van der Waals surface area contributed by atoms with Crippen LogP contribution in [-0.2, 0) is 6.18 Å². The van der Waals surface area contributed by atoms with E-state index < -0.39 is 11.7 Å². The van der Waals surface area contributed by atoms with Crippen LogP contribution in [-0.4, -0.2) is 0 Å². The summed E-state index contributed by atoms with van der Waals surface area (Å²) >= 11 is 0. The van der Waals surface area contributed by atoms with E-state index in [1.54, 1.807) is 19.9 Å². The van der Waals surface area contributed by atoms with Gasteiger partial charge in [-0.2, -0.15) is 13.2 Å². The molecule has 1 aromatic rings. The number of rotatable bonds is 0. The van der Waals surface area contributed by atoms with Gasteiger partial charge in [0.1, 0.15) is 0 Å². The Balaban J connectivity index is 3.37. The normalized spacial score (nSPS) is 11.8. The second kappa shape index (κ2) is 3.05. The highest BCUT2D eigenvalue weighted by molar-refractivity contribution is 5.38. The second-order valence-corrected chi connectivity index (χ2v) is 3.25. The molecule has 0 unspecified atom stereocenters. The minimum Gasteiger partial charge on any atom is -0.166 e. The van der Waals surface area contributed by atoms with Gasteiger partial charge in [0.25, 0.3) is 0 Å². The predicted molar refractivity (Wildman–Crippen MR) is 45.7 cm³/mol. The molecule has 0 aliphatic rings. The van der Waals surface area contributed by atoms with E-state index in [2.05, 4.69) is 0 Å². The fourth-order valence-electron chi connectivity index (χ4n) is 1.33. The topological polar surface area (TPSA) is 0 Å². The Labute approximate surface area is 75.4 Å². The molecular formula is C10H11F3. The van der Waals surface area contributed by atoms with Crippen LogP contribution in [0.4, 0.5) is 13.2 Å². The molecule has 0 heterocycles. The molecule has 3 heteroatoms. The van der Waals surface area contributed by atoms with Crippen LogP contribution in [0.3, 0.4) is 0 Å². The van der Waals surface area contributed by atoms with Crippen molar-refractivity contribution >= 4 is 0 Å². The Kier molecular flexibility index (Phi) is 2.37. The van der Waals surface area contributed by atoms with Crippen LogP contribution in [0, 0.1) is 20.8 Å². The quantitative estimate of drug-likeness (QED) is 0.583. The molecule has 0 fully saturated rings. The summed E-state index contributed by atoms with van der Waals surface area (Å²) in [6.45, 7) is 4.86. The van der Waals surface area contributed by atoms with Crippen molar-refractivity contribution in [2.75, 3.05) is 0 Å². The minimum atomic E-state index is -4.24. The summed E-state index contributed by atoms with van der Waals surface area (Å²) in [5.41, 5.74) is 1.13. The second-order valence-electron chi connectivity index (χ2n) is 3.25. The van der Waals surface area contributed by atoms with Gasteiger partial charge >= 0.3 is 6.18 Å². The molecular weight excluding hydrogens is 177 g/mol. The molecule has 0 aliphatic heterocycles. The van der Waals surface area contributed by atoms with Crippen LogP contribution in [0.2, 0.25) is 0 Å². The van der Waals surface area contributed by atoms with Gasteiger partial charge in [0.15, 0.2) is 0 Å². The van der Waals surface area contributed by atoms with Gasteiger partial charge in [0, 0.05) is 0 Å². The summed E-state index contributed by atoms with van der Waals surface area (Å²) in [6.07, 6.45) is -4.24. The van der Waals surface area contributed by atoms with Gasteiger partial charge in [0.2, 0.25) is 0 Å². The van der Waals surface area contributed by atoms with Crippen LogP contribution >= 0.6 is 0 Å². The van der Waals surface area contributed by atoms with E-state index in [0.717, 1.165) is 0 Å². The summed E-state index contributed by atoms with van der Waals surface area (Å²) in [4.78, 5) is 0. The third kappa shape index (κ3) is 2.02. The van der Waals surface area contributed by atoms with Crippen molar-refractivity contribution in [1.82, 2.24) is 0 Å². The molecule has 0 saturated carbocycles. The van der Waals surface area contributed by atoms with Crippen LogP contribution in [0.25, 0.3) is 0 Å². The SMILES string of the molecule is Cc1cc(C)c(C)c(C(F)(F)F)c1. The smallest absolute Gasteiger partial charge is 0.166 e. The van der Waals surface area contributed by atoms with Gasteiger partial charge in [0.05, 0.1) is 5.56 Å². The van der Waals surface area contributed by atoms with Crippen molar-refractivity contribution in [3.8, 4) is 0 Å². The van der Waals surface area contributed by atoms with E-state index in [1.165, 1.54) is 13.0 Å². The molecule has 13 heavy (non-hydrogen) atoms. The average Bonchev–Trinajstić information content (AvgIpc) is 1.94. The van der Waals surface area contributed by atoms with Gasteiger partial charge in [-0.3, -0.25) is 0 Å². The molecule has 0 N–H and O–H groups in total.